The highest BCUT2D eigenvalue weighted by atomic mass is 19.4. The molecule has 6 heteroatoms. The quantitative estimate of drug-likeness (QED) is 0.866. The van der Waals surface area contributed by atoms with Crippen LogP contribution in [-0.4, -0.2) is 30.2 Å². The predicted molar refractivity (Wildman–Crippen MR) is 73.1 cm³/mol. The Morgan fingerprint density at radius 1 is 1.24 bits per heavy atom. The molecular formula is C15H20F4N2. The minimum absolute atomic E-state index is 0.0715. The number of benzene rings is 1. The van der Waals surface area contributed by atoms with Gasteiger partial charge in [0.1, 0.15) is 5.82 Å². The van der Waals surface area contributed by atoms with Crippen LogP contribution >= 0.6 is 0 Å². The second kappa shape index (κ2) is 6.32. The number of halogens is 4. The van der Waals surface area contributed by atoms with E-state index in [1.54, 1.807) is 19.1 Å². The molecule has 0 amide bonds. The van der Waals surface area contributed by atoms with Crippen LogP contribution in [0.15, 0.2) is 24.3 Å². The van der Waals surface area contributed by atoms with E-state index in [1.165, 1.54) is 12.1 Å². The Morgan fingerprint density at radius 3 is 2.33 bits per heavy atom. The molecule has 1 saturated heterocycles. The minimum Gasteiger partial charge on any atom is -0.326 e. The first-order chi connectivity index (χ1) is 9.79. The van der Waals surface area contributed by atoms with E-state index in [1.807, 2.05) is 4.90 Å². The molecule has 2 rings (SSSR count). The first-order valence-electron chi connectivity index (χ1n) is 7.11. The zero-order chi connectivity index (χ0) is 15.6. The third kappa shape index (κ3) is 3.95. The van der Waals surface area contributed by atoms with Gasteiger partial charge in [-0.3, -0.25) is 4.90 Å². The van der Waals surface area contributed by atoms with Crippen LogP contribution in [0.4, 0.5) is 17.6 Å². The molecule has 1 aromatic rings. The summed E-state index contributed by atoms with van der Waals surface area (Å²) < 4.78 is 51.5. The lowest BCUT2D eigenvalue weighted by Gasteiger charge is -2.40. The van der Waals surface area contributed by atoms with E-state index < -0.39 is 12.1 Å². The molecule has 0 saturated carbocycles. The second-order valence-corrected chi connectivity index (χ2v) is 5.71. The van der Waals surface area contributed by atoms with Gasteiger partial charge in [-0.25, -0.2) is 4.39 Å². The van der Waals surface area contributed by atoms with Crippen molar-refractivity contribution in [1.82, 2.24) is 4.90 Å². The Kier molecular flexibility index (Phi) is 4.88. The van der Waals surface area contributed by atoms with Crippen molar-refractivity contribution in [2.45, 2.75) is 38.0 Å². The van der Waals surface area contributed by atoms with Crippen LogP contribution in [0.2, 0.25) is 0 Å². The lowest BCUT2D eigenvalue weighted by molar-refractivity contribution is -0.186. The van der Waals surface area contributed by atoms with Crippen LogP contribution in [0.3, 0.4) is 0 Å². The van der Waals surface area contributed by atoms with Gasteiger partial charge in [0.05, 0.1) is 5.92 Å². The summed E-state index contributed by atoms with van der Waals surface area (Å²) in [5.74, 6) is -1.60. The van der Waals surface area contributed by atoms with Crippen molar-refractivity contribution >= 4 is 0 Å². The fourth-order valence-corrected chi connectivity index (χ4v) is 3.04. The van der Waals surface area contributed by atoms with Crippen LogP contribution in [0.25, 0.3) is 0 Å². The highest BCUT2D eigenvalue weighted by Crippen LogP contribution is 2.37. The average Bonchev–Trinajstić information content (AvgIpc) is 2.38. The van der Waals surface area contributed by atoms with Gasteiger partial charge < -0.3 is 5.73 Å². The standard InChI is InChI=1S/C15H20F4N2/c1-10(20)14(11-3-2-4-13(16)9-11)21-7-5-12(6-8-21)15(17,18)19/h2-4,9-10,12,14H,5-8,20H2,1H3. The summed E-state index contributed by atoms with van der Waals surface area (Å²) in [7, 11) is 0. The van der Waals surface area contributed by atoms with Crippen LogP contribution in [0.1, 0.15) is 31.4 Å². The highest BCUT2D eigenvalue weighted by Gasteiger charge is 2.42. The number of nitrogens with two attached hydrogens (primary N) is 1. The number of hydrogen-bond donors (Lipinski definition) is 1. The van der Waals surface area contributed by atoms with Gasteiger partial charge in [-0.05, 0) is 50.6 Å². The maximum atomic E-state index is 13.4. The second-order valence-electron chi connectivity index (χ2n) is 5.71. The van der Waals surface area contributed by atoms with Crippen molar-refractivity contribution < 1.29 is 17.6 Å². The van der Waals surface area contributed by atoms with Gasteiger partial charge in [-0.1, -0.05) is 12.1 Å². The van der Waals surface area contributed by atoms with Crippen LogP contribution < -0.4 is 5.73 Å². The summed E-state index contributed by atoms with van der Waals surface area (Å²) in [6.07, 6.45) is -3.99. The first kappa shape index (κ1) is 16.2. The number of likely N-dealkylation sites (tertiary alicyclic amines) is 1. The molecule has 118 valence electrons. The summed E-state index contributed by atoms with van der Waals surface area (Å²) in [5.41, 5.74) is 6.70. The Labute approximate surface area is 121 Å². The first-order valence-corrected chi connectivity index (χ1v) is 7.11. The van der Waals surface area contributed by atoms with E-state index in [-0.39, 0.29) is 30.7 Å². The average molecular weight is 304 g/mol. The Bertz CT molecular complexity index is 465. The number of hydrogen-bond acceptors (Lipinski definition) is 2. The van der Waals surface area contributed by atoms with Crippen LogP contribution in [0, 0.1) is 11.7 Å². The monoisotopic (exact) mass is 304 g/mol. The zero-order valence-corrected chi connectivity index (χ0v) is 11.9. The Balaban J connectivity index is 2.11. The van der Waals surface area contributed by atoms with Crippen molar-refractivity contribution in [3.05, 3.63) is 35.6 Å². The molecule has 1 heterocycles. The Hall–Kier alpha value is -1.14. The van der Waals surface area contributed by atoms with Gasteiger partial charge in [0.15, 0.2) is 0 Å². The smallest absolute Gasteiger partial charge is 0.326 e. The van der Waals surface area contributed by atoms with Crippen molar-refractivity contribution in [3.63, 3.8) is 0 Å². The van der Waals surface area contributed by atoms with Crippen molar-refractivity contribution in [3.8, 4) is 0 Å². The molecule has 0 spiro atoms. The SMILES string of the molecule is CC(N)C(c1cccc(F)c1)N1CCC(C(F)(F)F)CC1. The molecule has 0 radical (unpaired) electrons. The lowest BCUT2D eigenvalue weighted by Crippen LogP contribution is -2.45. The van der Waals surface area contributed by atoms with Gasteiger partial charge in [0, 0.05) is 12.1 Å². The number of nitrogens with zero attached hydrogens (tertiary/aromatic N) is 1. The summed E-state index contributed by atoms with van der Waals surface area (Å²) in [5, 5.41) is 0. The van der Waals surface area contributed by atoms with E-state index in [9.17, 15) is 17.6 Å². The molecule has 0 aromatic heterocycles. The predicted octanol–water partition coefficient (Wildman–Crippen LogP) is 3.49. The molecule has 1 fully saturated rings. The molecule has 0 aliphatic carbocycles. The summed E-state index contributed by atoms with van der Waals surface area (Å²) in [6, 6.07) is 5.58. The van der Waals surface area contributed by atoms with Crippen molar-refractivity contribution in [1.29, 1.82) is 0 Å². The summed E-state index contributed by atoms with van der Waals surface area (Å²) in [6.45, 7) is 2.45. The molecule has 21 heavy (non-hydrogen) atoms. The third-order valence-corrected chi connectivity index (χ3v) is 4.07. The molecule has 2 N–H and O–H groups in total. The van der Waals surface area contributed by atoms with Crippen LogP contribution in [-0.2, 0) is 0 Å². The summed E-state index contributed by atoms with van der Waals surface area (Å²) in [4.78, 5) is 1.93. The number of alkyl halides is 3. The van der Waals surface area contributed by atoms with E-state index in [2.05, 4.69) is 0 Å². The number of rotatable bonds is 3. The van der Waals surface area contributed by atoms with Gasteiger partial charge in [-0.15, -0.1) is 0 Å². The van der Waals surface area contributed by atoms with Crippen LogP contribution in [0.5, 0.6) is 0 Å². The topological polar surface area (TPSA) is 29.3 Å². The molecule has 2 atom stereocenters. The van der Waals surface area contributed by atoms with Gasteiger partial charge in [-0.2, -0.15) is 13.2 Å². The van der Waals surface area contributed by atoms with E-state index in [0.717, 1.165) is 5.56 Å². The maximum Gasteiger partial charge on any atom is 0.391 e. The van der Waals surface area contributed by atoms with E-state index in [0.29, 0.717) is 13.1 Å². The number of piperidine rings is 1. The normalized spacial score (nSPS) is 21.2. The Morgan fingerprint density at radius 2 is 1.86 bits per heavy atom. The molecule has 1 aliphatic heterocycles. The molecule has 1 aliphatic rings. The molecule has 2 nitrogen and oxygen atoms in total. The van der Waals surface area contributed by atoms with Crippen molar-refractivity contribution in [2.75, 3.05) is 13.1 Å². The molecule has 2 unspecified atom stereocenters. The third-order valence-electron chi connectivity index (χ3n) is 4.07. The van der Waals surface area contributed by atoms with Gasteiger partial charge in [0.25, 0.3) is 0 Å². The van der Waals surface area contributed by atoms with Crippen molar-refractivity contribution in [2.24, 2.45) is 11.7 Å². The van der Waals surface area contributed by atoms with E-state index in [4.69, 9.17) is 5.73 Å². The summed E-state index contributed by atoms with van der Waals surface area (Å²) >= 11 is 0. The fraction of sp³-hybridized carbons (Fsp3) is 0.600. The minimum atomic E-state index is -4.13. The molecule has 0 bridgehead atoms. The molecule has 1 aromatic carbocycles. The fourth-order valence-electron chi connectivity index (χ4n) is 3.04. The van der Waals surface area contributed by atoms with E-state index >= 15 is 0 Å². The van der Waals surface area contributed by atoms with Gasteiger partial charge in [0.2, 0.25) is 0 Å². The maximum absolute atomic E-state index is 13.4. The molecular weight excluding hydrogens is 284 g/mol. The highest BCUT2D eigenvalue weighted by molar-refractivity contribution is 5.22. The largest absolute Gasteiger partial charge is 0.391 e. The zero-order valence-electron chi connectivity index (χ0n) is 11.9. The lowest BCUT2D eigenvalue weighted by atomic mass is 9.91. The van der Waals surface area contributed by atoms with Gasteiger partial charge >= 0.3 is 6.18 Å².